The molecule has 1 fully saturated rings. The van der Waals surface area contributed by atoms with E-state index in [1.165, 1.54) is 0 Å². The largest absolute Gasteiger partial charge is 0.494 e. The predicted octanol–water partition coefficient (Wildman–Crippen LogP) is 2.99. The van der Waals surface area contributed by atoms with Gasteiger partial charge in [-0.3, -0.25) is 0 Å². The third kappa shape index (κ3) is 4.09. The third-order valence-electron chi connectivity index (χ3n) is 4.95. The van der Waals surface area contributed by atoms with Crippen LogP contribution in [0.4, 0.5) is 0 Å². The van der Waals surface area contributed by atoms with E-state index in [2.05, 4.69) is 15.9 Å². The van der Waals surface area contributed by atoms with E-state index in [0.29, 0.717) is 6.42 Å². The fourth-order valence-electron chi connectivity index (χ4n) is 3.03. The number of aliphatic hydroxyl groups is 1. The fraction of sp³-hybridized carbons (Fsp3) is 0.474. The van der Waals surface area contributed by atoms with Crippen LogP contribution < -0.4 is 5.46 Å². The first-order valence-corrected chi connectivity index (χ1v) is 9.25. The maximum absolute atomic E-state index is 10.6. The minimum atomic E-state index is -0.684. The Morgan fingerprint density at radius 2 is 2.04 bits per heavy atom. The Bertz CT molecular complexity index is 685. The molecular weight excluding hydrogens is 383 g/mol. The van der Waals surface area contributed by atoms with Gasteiger partial charge >= 0.3 is 7.12 Å². The molecular formula is C19H24BBrO4. The lowest BCUT2D eigenvalue weighted by atomic mass is 9.70. The van der Waals surface area contributed by atoms with Crippen molar-refractivity contribution in [3.8, 4) is 0 Å². The molecule has 1 aliphatic heterocycles. The van der Waals surface area contributed by atoms with Crippen LogP contribution in [-0.2, 0) is 14.0 Å². The molecule has 1 saturated heterocycles. The van der Waals surface area contributed by atoms with E-state index in [1.54, 1.807) is 7.11 Å². The van der Waals surface area contributed by atoms with Gasteiger partial charge in [-0.1, -0.05) is 40.2 Å². The van der Waals surface area contributed by atoms with Crippen molar-refractivity contribution in [3.63, 3.8) is 0 Å². The van der Waals surface area contributed by atoms with Crippen LogP contribution in [0.15, 0.2) is 52.5 Å². The van der Waals surface area contributed by atoms with Crippen LogP contribution in [0, 0.1) is 0 Å². The van der Waals surface area contributed by atoms with Gasteiger partial charge in [0.15, 0.2) is 0 Å². The van der Waals surface area contributed by atoms with Crippen LogP contribution in [0.3, 0.4) is 0 Å². The lowest BCUT2D eigenvalue weighted by molar-refractivity contribution is -0.0958. The zero-order valence-electron chi connectivity index (χ0n) is 15.0. The van der Waals surface area contributed by atoms with Gasteiger partial charge in [0.25, 0.3) is 0 Å². The average Bonchev–Trinajstić information content (AvgIpc) is 2.57. The molecule has 0 unspecified atom stereocenters. The normalized spacial score (nSPS) is 29.8. The second-order valence-electron chi connectivity index (χ2n) is 7.40. The maximum Gasteiger partial charge on any atom is 0.494 e. The van der Waals surface area contributed by atoms with Crippen molar-refractivity contribution in [1.82, 2.24) is 0 Å². The Morgan fingerprint density at radius 3 is 2.68 bits per heavy atom. The van der Waals surface area contributed by atoms with E-state index in [1.807, 2.05) is 63.3 Å². The van der Waals surface area contributed by atoms with Crippen molar-refractivity contribution >= 4 is 28.5 Å². The molecule has 2 bridgehead atoms. The quantitative estimate of drug-likeness (QED) is 0.781. The Kier molecular flexibility index (Phi) is 5.29. The van der Waals surface area contributed by atoms with E-state index < -0.39 is 18.8 Å². The summed E-state index contributed by atoms with van der Waals surface area (Å²) in [5, 5.41) is 10.6. The third-order valence-corrected chi connectivity index (χ3v) is 5.48. The van der Waals surface area contributed by atoms with E-state index >= 15 is 0 Å². The Hall–Kier alpha value is -0.915. The molecule has 25 heavy (non-hydrogen) atoms. The molecule has 0 spiro atoms. The van der Waals surface area contributed by atoms with E-state index in [-0.39, 0.29) is 11.7 Å². The zero-order chi connectivity index (χ0) is 18.2. The highest BCUT2D eigenvalue weighted by atomic mass is 79.9. The summed E-state index contributed by atoms with van der Waals surface area (Å²) in [6.45, 7) is 5.92. The molecule has 1 heterocycles. The van der Waals surface area contributed by atoms with Crippen LogP contribution in [-0.4, -0.2) is 42.7 Å². The number of halogens is 1. The van der Waals surface area contributed by atoms with Gasteiger partial charge < -0.3 is 19.2 Å². The van der Waals surface area contributed by atoms with Gasteiger partial charge in [0.05, 0.1) is 17.3 Å². The molecule has 1 aliphatic carbocycles. The molecule has 3 rings (SSSR count). The van der Waals surface area contributed by atoms with Crippen molar-refractivity contribution < 1.29 is 19.2 Å². The lowest BCUT2D eigenvalue weighted by Gasteiger charge is -2.47. The van der Waals surface area contributed by atoms with Gasteiger partial charge in [-0.15, -0.1) is 0 Å². The summed E-state index contributed by atoms with van der Waals surface area (Å²) in [4.78, 5) is 0. The van der Waals surface area contributed by atoms with Crippen LogP contribution in [0.2, 0.25) is 0 Å². The Morgan fingerprint density at radius 1 is 1.36 bits per heavy atom. The van der Waals surface area contributed by atoms with Crippen molar-refractivity contribution in [2.24, 2.45) is 0 Å². The number of rotatable bonds is 4. The number of ether oxygens (including phenoxy) is 1. The summed E-state index contributed by atoms with van der Waals surface area (Å²) in [5.74, 6) is 0. The number of hydrogen-bond donors (Lipinski definition) is 1. The van der Waals surface area contributed by atoms with Crippen molar-refractivity contribution in [3.05, 3.63) is 52.5 Å². The molecule has 1 aromatic rings. The van der Waals surface area contributed by atoms with Crippen LogP contribution in [0.5, 0.6) is 0 Å². The highest BCUT2D eigenvalue weighted by molar-refractivity contribution is 9.10. The molecule has 6 heteroatoms. The van der Waals surface area contributed by atoms with Crippen LogP contribution >= 0.6 is 15.9 Å². The second kappa shape index (κ2) is 7.01. The van der Waals surface area contributed by atoms with Crippen molar-refractivity contribution in [2.75, 3.05) is 7.11 Å². The zero-order valence-corrected chi connectivity index (χ0v) is 16.6. The van der Waals surface area contributed by atoms with E-state index in [4.69, 9.17) is 14.0 Å². The topological polar surface area (TPSA) is 47.9 Å². The van der Waals surface area contributed by atoms with E-state index in [0.717, 1.165) is 15.5 Å². The van der Waals surface area contributed by atoms with Crippen molar-refractivity contribution in [2.45, 2.75) is 50.6 Å². The molecule has 134 valence electrons. The molecule has 0 amide bonds. The summed E-state index contributed by atoms with van der Waals surface area (Å²) in [6.07, 6.45) is 5.61. The molecule has 0 saturated carbocycles. The summed E-state index contributed by atoms with van der Waals surface area (Å²) in [5.41, 5.74) is 0.867. The first-order valence-electron chi connectivity index (χ1n) is 8.45. The highest BCUT2D eigenvalue weighted by Gasteiger charge is 2.49. The monoisotopic (exact) mass is 406 g/mol. The number of hydrogen-bond acceptors (Lipinski definition) is 4. The van der Waals surface area contributed by atoms with Crippen LogP contribution in [0.25, 0.3) is 0 Å². The predicted molar refractivity (Wildman–Crippen MR) is 103 cm³/mol. The number of aliphatic hydroxyl groups excluding tert-OH is 1. The minimum Gasteiger partial charge on any atom is -0.400 e. The standard InChI is InChI=1S/C19H24BBrO4/c1-18(2,23-4)10-9-13-11-17(22)19(3)12-16(13)24-20(25-19)14-5-7-15(21)8-6-14/h5-11,16-17,22H,12H2,1-4H3/b10-9+/t16-,17-,19+/m0/s1. The van der Waals surface area contributed by atoms with Crippen molar-refractivity contribution in [1.29, 1.82) is 0 Å². The lowest BCUT2D eigenvalue weighted by Crippen LogP contribution is -2.60. The summed E-state index contributed by atoms with van der Waals surface area (Å²) in [6, 6.07) is 7.86. The highest BCUT2D eigenvalue weighted by Crippen LogP contribution is 2.38. The molecule has 1 N–H and O–H groups in total. The summed E-state index contributed by atoms with van der Waals surface area (Å²) in [7, 11) is 1.18. The summed E-state index contributed by atoms with van der Waals surface area (Å²) < 4.78 is 18.8. The van der Waals surface area contributed by atoms with Crippen LogP contribution in [0.1, 0.15) is 27.2 Å². The molecule has 1 aromatic carbocycles. The first kappa shape index (κ1) is 18.9. The Balaban J connectivity index is 1.87. The summed E-state index contributed by atoms with van der Waals surface area (Å²) >= 11 is 3.44. The smallest absolute Gasteiger partial charge is 0.400 e. The SMILES string of the molecule is COC(C)(C)/C=C/C1=C[C@H](O)[C@@]2(C)C[C@@H]1OB(c1ccc(Br)cc1)O2. The van der Waals surface area contributed by atoms with Gasteiger partial charge in [0.1, 0.15) is 6.10 Å². The first-order chi connectivity index (χ1) is 11.7. The Labute approximate surface area is 158 Å². The van der Waals surface area contributed by atoms with Gasteiger partial charge in [0, 0.05) is 18.0 Å². The number of methoxy groups -OCH3 is 1. The van der Waals surface area contributed by atoms with Gasteiger partial charge in [0.2, 0.25) is 0 Å². The maximum atomic E-state index is 10.6. The molecule has 4 nitrogen and oxygen atoms in total. The minimum absolute atomic E-state index is 0.125. The van der Waals surface area contributed by atoms with E-state index in [9.17, 15) is 5.11 Å². The second-order valence-corrected chi connectivity index (χ2v) is 8.31. The molecule has 3 atom stereocenters. The molecule has 0 radical (unpaired) electrons. The van der Waals surface area contributed by atoms with Gasteiger partial charge in [-0.2, -0.15) is 0 Å². The van der Waals surface area contributed by atoms with Gasteiger partial charge in [-0.05, 0) is 50.0 Å². The fourth-order valence-corrected chi connectivity index (χ4v) is 3.30. The number of fused-ring (bicyclic) bond motifs is 2. The average molecular weight is 407 g/mol. The van der Waals surface area contributed by atoms with Gasteiger partial charge in [-0.25, -0.2) is 0 Å². The molecule has 2 aliphatic rings. The molecule has 0 aromatic heterocycles. The number of benzene rings is 1.